The van der Waals surface area contributed by atoms with E-state index in [1.807, 2.05) is 0 Å². The van der Waals surface area contributed by atoms with Crippen LogP contribution in [-0.4, -0.2) is 25.2 Å². The maximum Gasteiger partial charge on any atom is 0.311 e. The highest BCUT2D eigenvalue weighted by atomic mass is 35.5. The van der Waals surface area contributed by atoms with Crippen LogP contribution in [0.5, 0.6) is 5.88 Å². The van der Waals surface area contributed by atoms with Gasteiger partial charge in [0.15, 0.2) is 0 Å². The number of nitrogens with zero attached hydrogens (tertiary/aromatic N) is 1. The molecule has 0 atom stereocenters. The van der Waals surface area contributed by atoms with Crippen molar-refractivity contribution in [2.75, 3.05) is 14.2 Å². The number of hydrogen-bond acceptors (Lipinski definition) is 4. The molecule has 0 fully saturated rings. The second-order valence-electron chi connectivity index (χ2n) is 3.38. The van der Waals surface area contributed by atoms with Crippen molar-refractivity contribution in [1.82, 2.24) is 4.98 Å². The molecule has 18 heavy (non-hydrogen) atoms. The second-order valence-corrected chi connectivity index (χ2v) is 3.65. The number of rotatable bonds is 5. The van der Waals surface area contributed by atoms with Crippen molar-refractivity contribution in [1.29, 1.82) is 0 Å². The van der Waals surface area contributed by atoms with Gasteiger partial charge in [-0.3, -0.25) is 4.79 Å². The third kappa shape index (κ3) is 3.29. The van der Waals surface area contributed by atoms with Gasteiger partial charge < -0.3 is 9.47 Å². The average molecular weight is 280 g/mol. The molecule has 0 radical (unpaired) electrons. The largest absolute Gasteiger partial charge is 0.481 e. The van der Waals surface area contributed by atoms with E-state index in [0.29, 0.717) is 5.56 Å². The van der Waals surface area contributed by atoms with Crippen LogP contribution in [0, 0.1) is 0 Å². The summed E-state index contributed by atoms with van der Waals surface area (Å²) < 4.78 is 35.1. The highest BCUT2D eigenvalue weighted by Crippen LogP contribution is 2.28. The van der Waals surface area contributed by atoms with Crippen LogP contribution in [-0.2, 0) is 21.8 Å². The Kier molecular flexibility index (Phi) is 5.27. The highest BCUT2D eigenvalue weighted by Gasteiger charge is 2.20. The summed E-state index contributed by atoms with van der Waals surface area (Å²) in [6.07, 6.45) is -3.08. The summed E-state index contributed by atoms with van der Waals surface area (Å²) in [5.41, 5.74) is -0.0532. The SMILES string of the molecule is COC(=O)Cc1nc(OC)c(CCl)cc1C(F)F. The second kappa shape index (κ2) is 6.49. The Balaban J connectivity index is 3.24. The molecule has 0 saturated carbocycles. The van der Waals surface area contributed by atoms with Crippen molar-refractivity contribution in [3.8, 4) is 5.88 Å². The van der Waals surface area contributed by atoms with Crippen molar-refractivity contribution >= 4 is 17.6 Å². The Hall–Kier alpha value is -1.43. The van der Waals surface area contributed by atoms with E-state index in [9.17, 15) is 13.6 Å². The lowest BCUT2D eigenvalue weighted by molar-refractivity contribution is -0.139. The number of hydrogen-bond donors (Lipinski definition) is 0. The molecular weight excluding hydrogens is 268 g/mol. The summed E-state index contributed by atoms with van der Waals surface area (Å²) >= 11 is 5.62. The fourth-order valence-corrected chi connectivity index (χ4v) is 1.60. The van der Waals surface area contributed by atoms with Crippen molar-refractivity contribution in [2.24, 2.45) is 0 Å². The smallest absolute Gasteiger partial charge is 0.311 e. The van der Waals surface area contributed by atoms with Gasteiger partial charge in [-0.25, -0.2) is 13.8 Å². The monoisotopic (exact) mass is 279 g/mol. The van der Waals surface area contributed by atoms with E-state index in [2.05, 4.69) is 9.72 Å². The van der Waals surface area contributed by atoms with E-state index in [-0.39, 0.29) is 29.4 Å². The molecule has 7 heteroatoms. The summed E-state index contributed by atoms with van der Waals surface area (Å²) in [5.74, 6) is -0.521. The van der Waals surface area contributed by atoms with E-state index in [1.54, 1.807) is 0 Å². The Morgan fingerprint density at radius 3 is 2.61 bits per heavy atom. The molecule has 4 nitrogen and oxygen atoms in total. The Bertz CT molecular complexity index is 441. The topological polar surface area (TPSA) is 48.4 Å². The standard InChI is InChI=1S/C11H12ClF2NO3/c1-17-9(16)4-8-7(10(13)14)3-6(5-12)11(15-8)18-2/h3,10H,4-5H2,1-2H3. The molecule has 1 rings (SSSR count). The lowest BCUT2D eigenvalue weighted by Crippen LogP contribution is -2.11. The maximum absolute atomic E-state index is 12.9. The third-order valence-electron chi connectivity index (χ3n) is 2.29. The summed E-state index contributed by atoms with van der Waals surface area (Å²) in [6.45, 7) is 0. The van der Waals surface area contributed by atoms with Gasteiger partial charge in [-0.1, -0.05) is 0 Å². The first-order valence-corrected chi connectivity index (χ1v) is 5.54. The number of esters is 1. The van der Waals surface area contributed by atoms with Gasteiger partial charge >= 0.3 is 5.97 Å². The third-order valence-corrected chi connectivity index (χ3v) is 2.57. The molecular formula is C11H12ClF2NO3. The predicted molar refractivity (Wildman–Crippen MR) is 61.0 cm³/mol. The lowest BCUT2D eigenvalue weighted by Gasteiger charge is -2.12. The van der Waals surface area contributed by atoms with Gasteiger partial charge in [0.25, 0.3) is 6.43 Å². The molecule has 0 amide bonds. The molecule has 1 aromatic heterocycles. The fraction of sp³-hybridized carbons (Fsp3) is 0.455. The average Bonchev–Trinajstić information content (AvgIpc) is 2.37. The lowest BCUT2D eigenvalue weighted by atomic mass is 10.1. The first-order valence-electron chi connectivity index (χ1n) is 5.01. The van der Waals surface area contributed by atoms with Crippen molar-refractivity contribution < 1.29 is 23.0 Å². The summed E-state index contributed by atoms with van der Waals surface area (Å²) in [7, 11) is 2.52. The molecule has 100 valence electrons. The molecule has 0 aliphatic rings. The van der Waals surface area contributed by atoms with Crippen LogP contribution >= 0.6 is 11.6 Å². The molecule has 1 heterocycles. The van der Waals surface area contributed by atoms with E-state index < -0.39 is 12.4 Å². The Morgan fingerprint density at radius 2 is 2.17 bits per heavy atom. The van der Waals surface area contributed by atoms with Gasteiger partial charge in [-0.05, 0) is 6.07 Å². The Labute approximate surface area is 108 Å². The van der Waals surface area contributed by atoms with Gasteiger partial charge in [0.1, 0.15) is 0 Å². The minimum atomic E-state index is -2.75. The van der Waals surface area contributed by atoms with Crippen molar-refractivity contribution in [3.63, 3.8) is 0 Å². The molecule has 0 spiro atoms. The zero-order valence-electron chi connectivity index (χ0n) is 9.87. The van der Waals surface area contributed by atoms with E-state index in [1.165, 1.54) is 20.3 Å². The van der Waals surface area contributed by atoms with Gasteiger partial charge in [-0.2, -0.15) is 0 Å². The van der Waals surface area contributed by atoms with Gasteiger partial charge in [0, 0.05) is 11.1 Å². The minimum Gasteiger partial charge on any atom is -0.481 e. The molecule has 0 aliphatic heterocycles. The zero-order chi connectivity index (χ0) is 13.7. The van der Waals surface area contributed by atoms with Crippen LogP contribution in [0.25, 0.3) is 0 Å². The number of methoxy groups -OCH3 is 2. The molecule has 0 bridgehead atoms. The van der Waals surface area contributed by atoms with Crippen LogP contribution in [0.1, 0.15) is 23.2 Å². The first-order chi connectivity index (χ1) is 8.53. The van der Waals surface area contributed by atoms with Crippen LogP contribution in [0.3, 0.4) is 0 Å². The minimum absolute atomic E-state index is 0.00556. The van der Waals surface area contributed by atoms with Crippen LogP contribution in [0.4, 0.5) is 8.78 Å². The predicted octanol–water partition coefficient (Wildman–Crippen LogP) is 2.48. The van der Waals surface area contributed by atoms with Gasteiger partial charge in [0.05, 0.1) is 32.2 Å². The van der Waals surface area contributed by atoms with Crippen LogP contribution in [0.15, 0.2) is 6.07 Å². The molecule has 0 saturated heterocycles. The molecule has 0 aliphatic carbocycles. The summed E-state index contributed by atoms with van der Waals surface area (Å²) in [6, 6.07) is 1.20. The summed E-state index contributed by atoms with van der Waals surface area (Å²) in [5, 5.41) is 0. The van der Waals surface area contributed by atoms with Crippen molar-refractivity contribution in [3.05, 3.63) is 22.9 Å². The van der Waals surface area contributed by atoms with E-state index in [0.717, 1.165) is 0 Å². The molecule has 1 aromatic rings. The first kappa shape index (κ1) is 14.6. The molecule has 0 unspecified atom stereocenters. The number of ether oxygens (including phenoxy) is 2. The summed E-state index contributed by atoms with van der Waals surface area (Å²) in [4.78, 5) is 15.0. The van der Waals surface area contributed by atoms with Gasteiger partial charge in [-0.15, -0.1) is 11.6 Å². The normalized spacial score (nSPS) is 10.6. The number of aromatic nitrogens is 1. The zero-order valence-corrected chi connectivity index (χ0v) is 10.6. The quantitative estimate of drug-likeness (QED) is 0.614. The number of pyridine rings is 1. The maximum atomic E-state index is 12.9. The Morgan fingerprint density at radius 1 is 1.50 bits per heavy atom. The van der Waals surface area contributed by atoms with Crippen LogP contribution < -0.4 is 4.74 Å². The molecule has 0 aromatic carbocycles. The number of alkyl halides is 3. The number of halogens is 3. The fourth-order valence-electron chi connectivity index (χ4n) is 1.40. The molecule has 0 N–H and O–H groups in total. The van der Waals surface area contributed by atoms with E-state index >= 15 is 0 Å². The van der Waals surface area contributed by atoms with Gasteiger partial charge in [0.2, 0.25) is 5.88 Å². The van der Waals surface area contributed by atoms with E-state index in [4.69, 9.17) is 16.3 Å². The van der Waals surface area contributed by atoms with Crippen molar-refractivity contribution in [2.45, 2.75) is 18.7 Å². The highest BCUT2D eigenvalue weighted by molar-refractivity contribution is 6.17. The number of carbonyl (C=O) groups is 1. The number of carbonyl (C=O) groups excluding carboxylic acids is 1. The van der Waals surface area contributed by atoms with Crippen LogP contribution in [0.2, 0.25) is 0 Å².